The number of carboxylic acids is 1. The molecule has 0 spiro atoms. The van der Waals surface area contributed by atoms with Crippen molar-refractivity contribution in [1.29, 1.82) is 0 Å². The summed E-state index contributed by atoms with van der Waals surface area (Å²) in [6.07, 6.45) is 3.62. The van der Waals surface area contributed by atoms with Crippen molar-refractivity contribution in [3.63, 3.8) is 0 Å². The van der Waals surface area contributed by atoms with E-state index in [-0.39, 0.29) is 11.8 Å². The molecule has 2 heterocycles. The van der Waals surface area contributed by atoms with E-state index in [1.807, 2.05) is 0 Å². The van der Waals surface area contributed by atoms with Crippen molar-refractivity contribution >= 4 is 17.1 Å². The number of H-pyrrole nitrogens is 1. The standard InChI is InChI=1S/C9H8N4O2/c14-9(15)5-1-4(5)6-7-8(12-2-10-6)13-3-11-7/h2-5H,1H2,(H,14,15)(H,10,11,12,13)/t4-,5-/m0/s1. The minimum absolute atomic E-state index is 0.00782. The van der Waals surface area contributed by atoms with Crippen molar-refractivity contribution in [2.45, 2.75) is 12.3 Å². The zero-order valence-corrected chi connectivity index (χ0v) is 7.71. The first kappa shape index (κ1) is 8.34. The number of hydrogen-bond donors (Lipinski definition) is 2. The lowest BCUT2D eigenvalue weighted by Gasteiger charge is -1.97. The van der Waals surface area contributed by atoms with Crippen LogP contribution in [0.2, 0.25) is 0 Å². The summed E-state index contributed by atoms with van der Waals surface area (Å²) in [5.41, 5.74) is 2.12. The molecule has 15 heavy (non-hydrogen) atoms. The molecule has 2 aromatic heterocycles. The maximum absolute atomic E-state index is 10.8. The molecular formula is C9H8N4O2. The van der Waals surface area contributed by atoms with Gasteiger partial charge in [0, 0.05) is 5.92 Å². The molecule has 6 nitrogen and oxygen atoms in total. The Balaban J connectivity index is 2.05. The first-order chi connectivity index (χ1) is 7.27. The number of imidazole rings is 1. The van der Waals surface area contributed by atoms with E-state index in [0.29, 0.717) is 12.1 Å². The van der Waals surface area contributed by atoms with Crippen molar-refractivity contribution in [2.75, 3.05) is 0 Å². The Morgan fingerprint density at radius 2 is 2.33 bits per heavy atom. The quantitative estimate of drug-likeness (QED) is 0.744. The maximum atomic E-state index is 10.8. The molecular weight excluding hydrogens is 196 g/mol. The van der Waals surface area contributed by atoms with Crippen LogP contribution in [0.5, 0.6) is 0 Å². The molecule has 3 rings (SSSR count). The summed E-state index contributed by atoms with van der Waals surface area (Å²) in [5, 5.41) is 8.84. The molecule has 1 saturated carbocycles. The third kappa shape index (κ3) is 1.18. The van der Waals surface area contributed by atoms with Crippen molar-refractivity contribution in [3.8, 4) is 0 Å². The third-order valence-corrected chi connectivity index (χ3v) is 2.71. The molecule has 2 aromatic rings. The number of carboxylic acid groups (broad SMARTS) is 1. The topological polar surface area (TPSA) is 91.8 Å². The number of carbonyl (C=O) groups is 1. The Bertz CT molecular complexity index is 536. The van der Waals surface area contributed by atoms with Gasteiger partial charge >= 0.3 is 5.97 Å². The number of fused-ring (bicyclic) bond motifs is 1. The predicted octanol–water partition coefficient (Wildman–Crippen LogP) is 0.541. The molecule has 1 aliphatic rings. The van der Waals surface area contributed by atoms with Crippen molar-refractivity contribution in [3.05, 3.63) is 18.3 Å². The number of rotatable bonds is 2. The van der Waals surface area contributed by atoms with Crippen LogP contribution in [0.15, 0.2) is 12.7 Å². The van der Waals surface area contributed by atoms with E-state index in [4.69, 9.17) is 5.11 Å². The Kier molecular flexibility index (Phi) is 1.53. The number of nitrogens with zero attached hydrogens (tertiary/aromatic N) is 3. The van der Waals surface area contributed by atoms with Gasteiger partial charge in [-0.25, -0.2) is 15.0 Å². The Morgan fingerprint density at radius 3 is 3.07 bits per heavy atom. The van der Waals surface area contributed by atoms with Gasteiger partial charge in [0.1, 0.15) is 11.8 Å². The molecule has 0 bridgehead atoms. The van der Waals surface area contributed by atoms with Crippen LogP contribution in [0.1, 0.15) is 18.0 Å². The maximum Gasteiger partial charge on any atom is 0.307 e. The van der Waals surface area contributed by atoms with Gasteiger partial charge in [-0.05, 0) is 6.42 Å². The summed E-state index contributed by atoms with van der Waals surface area (Å²) < 4.78 is 0. The van der Waals surface area contributed by atoms with Crippen LogP contribution in [0.25, 0.3) is 11.2 Å². The summed E-state index contributed by atoms with van der Waals surface area (Å²) in [6, 6.07) is 0. The highest BCUT2D eigenvalue weighted by Gasteiger charge is 2.46. The van der Waals surface area contributed by atoms with Crippen LogP contribution in [0, 0.1) is 5.92 Å². The molecule has 2 atom stereocenters. The van der Waals surface area contributed by atoms with Crippen LogP contribution in [0.3, 0.4) is 0 Å². The van der Waals surface area contributed by atoms with Gasteiger partial charge in [-0.3, -0.25) is 4.79 Å². The summed E-state index contributed by atoms with van der Waals surface area (Å²) >= 11 is 0. The van der Waals surface area contributed by atoms with Crippen molar-refractivity contribution in [1.82, 2.24) is 19.9 Å². The first-order valence-electron chi connectivity index (χ1n) is 4.64. The first-order valence-corrected chi connectivity index (χ1v) is 4.64. The molecule has 0 aliphatic heterocycles. The van der Waals surface area contributed by atoms with E-state index < -0.39 is 5.97 Å². The fourth-order valence-corrected chi connectivity index (χ4v) is 1.84. The lowest BCUT2D eigenvalue weighted by molar-refractivity contribution is -0.138. The van der Waals surface area contributed by atoms with Gasteiger partial charge < -0.3 is 10.1 Å². The number of hydrogen-bond acceptors (Lipinski definition) is 4. The summed E-state index contributed by atoms with van der Waals surface area (Å²) in [4.78, 5) is 25.8. The highest BCUT2D eigenvalue weighted by molar-refractivity contribution is 5.79. The number of aromatic nitrogens is 4. The van der Waals surface area contributed by atoms with Crippen LogP contribution in [-0.2, 0) is 4.79 Å². The van der Waals surface area contributed by atoms with Crippen LogP contribution in [-0.4, -0.2) is 31.0 Å². The van der Waals surface area contributed by atoms with E-state index in [9.17, 15) is 4.79 Å². The second-order valence-corrected chi connectivity index (χ2v) is 3.65. The van der Waals surface area contributed by atoms with Crippen LogP contribution >= 0.6 is 0 Å². The number of aromatic amines is 1. The molecule has 2 N–H and O–H groups in total. The predicted molar refractivity (Wildman–Crippen MR) is 50.2 cm³/mol. The molecule has 0 unspecified atom stereocenters. The van der Waals surface area contributed by atoms with Gasteiger partial charge in [-0.1, -0.05) is 0 Å². The second-order valence-electron chi connectivity index (χ2n) is 3.65. The lowest BCUT2D eigenvalue weighted by Crippen LogP contribution is -2.00. The Labute approximate surface area is 84.4 Å². The zero-order valence-electron chi connectivity index (χ0n) is 7.71. The Morgan fingerprint density at radius 1 is 1.47 bits per heavy atom. The highest BCUT2D eigenvalue weighted by atomic mass is 16.4. The molecule has 1 aliphatic carbocycles. The van der Waals surface area contributed by atoms with Gasteiger partial charge in [-0.2, -0.15) is 0 Å². The van der Waals surface area contributed by atoms with Crippen LogP contribution < -0.4 is 0 Å². The highest BCUT2D eigenvalue weighted by Crippen LogP contribution is 2.47. The largest absolute Gasteiger partial charge is 0.481 e. The minimum Gasteiger partial charge on any atom is -0.481 e. The van der Waals surface area contributed by atoms with E-state index in [1.54, 1.807) is 6.33 Å². The molecule has 6 heteroatoms. The van der Waals surface area contributed by atoms with E-state index in [0.717, 1.165) is 11.2 Å². The average molecular weight is 204 g/mol. The third-order valence-electron chi connectivity index (χ3n) is 2.71. The fraction of sp³-hybridized carbons (Fsp3) is 0.333. The second kappa shape index (κ2) is 2.75. The van der Waals surface area contributed by atoms with Gasteiger partial charge in [0.25, 0.3) is 0 Å². The summed E-state index contributed by atoms with van der Waals surface area (Å²) in [7, 11) is 0. The number of nitrogens with one attached hydrogen (secondary N) is 1. The minimum atomic E-state index is -0.758. The van der Waals surface area contributed by atoms with Crippen molar-refractivity contribution in [2.24, 2.45) is 5.92 Å². The molecule has 1 fully saturated rings. The molecule has 76 valence electrons. The lowest BCUT2D eigenvalue weighted by atomic mass is 10.2. The van der Waals surface area contributed by atoms with Crippen LogP contribution in [0.4, 0.5) is 0 Å². The normalized spacial score (nSPS) is 24.3. The van der Waals surface area contributed by atoms with Gasteiger partial charge in [-0.15, -0.1) is 0 Å². The average Bonchev–Trinajstić information content (AvgIpc) is 2.87. The monoisotopic (exact) mass is 204 g/mol. The zero-order chi connectivity index (χ0) is 10.4. The molecule has 0 aromatic carbocycles. The SMILES string of the molecule is O=C(O)[C@H]1C[C@@H]1c1ncnc2nc[nH]c12. The van der Waals surface area contributed by atoms with Gasteiger partial charge in [0.05, 0.1) is 17.9 Å². The van der Waals surface area contributed by atoms with Gasteiger partial charge in [0.2, 0.25) is 0 Å². The molecule has 0 saturated heterocycles. The summed E-state index contributed by atoms with van der Waals surface area (Å²) in [6.45, 7) is 0. The fourth-order valence-electron chi connectivity index (χ4n) is 1.84. The number of aliphatic carboxylic acids is 1. The van der Waals surface area contributed by atoms with Crippen molar-refractivity contribution < 1.29 is 9.90 Å². The smallest absolute Gasteiger partial charge is 0.307 e. The Hall–Kier alpha value is -1.98. The van der Waals surface area contributed by atoms with E-state index >= 15 is 0 Å². The van der Waals surface area contributed by atoms with E-state index in [1.165, 1.54) is 6.33 Å². The van der Waals surface area contributed by atoms with E-state index in [2.05, 4.69) is 19.9 Å². The summed E-state index contributed by atoms with van der Waals surface area (Å²) in [5.74, 6) is -1.05. The molecule has 0 radical (unpaired) electrons. The molecule has 0 amide bonds. The van der Waals surface area contributed by atoms with Gasteiger partial charge in [0.15, 0.2) is 5.65 Å².